The van der Waals surface area contributed by atoms with Crippen LogP contribution >= 0.6 is 0 Å². The summed E-state index contributed by atoms with van der Waals surface area (Å²) < 4.78 is 7.50. The standard InChI is InChI=1S/C25H27N3O2/c1-30-22-8-4-6-18(12-22)13-24-20-14-19(23-9-5-10-25(29)28(23)24)15-27(16-20)17-21-7-2-3-11-26-21/h2-12,19-20,24H,13-17H2,1H3/t19-,20+,24+/m1/s1. The molecule has 0 N–H and O–H groups in total. The van der Waals surface area contributed by atoms with Crippen molar-refractivity contribution in [2.75, 3.05) is 20.2 Å². The molecule has 30 heavy (non-hydrogen) atoms. The molecule has 0 radical (unpaired) electrons. The van der Waals surface area contributed by atoms with Crippen molar-refractivity contribution < 1.29 is 4.74 Å². The second kappa shape index (κ2) is 8.07. The quantitative estimate of drug-likeness (QED) is 0.655. The molecule has 2 aliphatic heterocycles. The highest BCUT2D eigenvalue weighted by Crippen LogP contribution is 2.42. The highest BCUT2D eigenvalue weighted by molar-refractivity contribution is 5.30. The Kier molecular flexibility index (Phi) is 5.13. The first kappa shape index (κ1) is 19.1. The average molecular weight is 402 g/mol. The second-order valence-corrected chi connectivity index (χ2v) is 8.49. The Labute approximate surface area is 177 Å². The molecule has 5 heteroatoms. The number of methoxy groups -OCH3 is 1. The van der Waals surface area contributed by atoms with Crippen molar-refractivity contribution >= 4 is 0 Å². The van der Waals surface area contributed by atoms with Gasteiger partial charge in [-0.1, -0.05) is 24.3 Å². The molecule has 0 spiro atoms. The van der Waals surface area contributed by atoms with E-state index in [-0.39, 0.29) is 11.6 Å². The minimum Gasteiger partial charge on any atom is -0.497 e. The van der Waals surface area contributed by atoms with Gasteiger partial charge in [0.2, 0.25) is 0 Å². The molecule has 4 heterocycles. The number of nitrogens with zero attached hydrogens (tertiary/aromatic N) is 3. The van der Waals surface area contributed by atoms with E-state index in [0.717, 1.165) is 43.9 Å². The lowest BCUT2D eigenvalue weighted by Gasteiger charge is -2.47. The Hall–Kier alpha value is -2.92. The van der Waals surface area contributed by atoms with Crippen LogP contribution in [0.5, 0.6) is 5.75 Å². The predicted octanol–water partition coefficient (Wildman–Crippen LogP) is 3.66. The molecule has 1 aromatic carbocycles. The molecule has 5 rings (SSSR count). The molecule has 0 aliphatic carbocycles. The van der Waals surface area contributed by atoms with Crippen molar-refractivity contribution in [2.45, 2.75) is 31.3 Å². The summed E-state index contributed by atoms with van der Waals surface area (Å²) in [5.41, 5.74) is 3.61. The van der Waals surface area contributed by atoms with Crippen molar-refractivity contribution in [3.63, 3.8) is 0 Å². The minimum absolute atomic E-state index is 0.119. The maximum atomic E-state index is 12.9. The molecular weight excluding hydrogens is 374 g/mol. The van der Waals surface area contributed by atoms with Crippen LogP contribution in [0.15, 0.2) is 71.7 Å². The van der Waals surface area contributed by atoms with Gasteiger partial charge in [-0.05, 0) is 54.7 Å². The van der Waals surface area contributed by atoms with Gasteiger partial charge < -0.3 is 9.30 Å². The number of rotatable bonds is 5. The summed E-state index contributed by atoms with van der Waals surface area (Å²) in [7, 11) is 1.70. The molecule has 2 bridgehead atoms. The third-order valence-electron chi connectivity index (χ3n) is 6.56. The number of likely N-dealkylation sites (tertiary alicyclic amines) is 1. The van der Waals surface area contributed by atoms with E-state index in [4.69, 9.17) is 4.74 Å². The summed E-state index contributed by atoms with van der Waals surface area (Å²) in [6.07, 6.45) is 3.83. The lowest BCUT2D eigenvalue weighted by Crippen LogP contribution is -2.49. The molecule has 1 saturated heterocycles. The van der Waals surface area contributed by atoms with E-state index in [2.05, 4.69) is 38.7 Å². The van der Waals surface area contributed by atoms with E-state index in [9.17, 15) is 4.79 Å². The number of hydrogen-bond acceptors (Lipinski definition) is 4. The van der Waals surface area contributed by atoms with Crippen LogP contribution in [0.3, 0.4) is 0 Å². The van der Waals surface area contributed by atoms with Crippen LogP contribution in [0, 0.1) is 5.92 Å². The fourth-order valence-electron chi connectivity index (χ4n) is 5.29. The monoisotopic (exact) mass is 401 g/mol. The third kappa shape index (κ3) is 3.65. The van der Waals surface area contributed by atoms with Crippen molar-refractivity contribution in [3.05, 3.63) is 94.2 Å². The van der Waals surface area contributed by atoms with Gasteiger partial charge >= 0.3 is 0 Å². The summed E-state index contributed by atoms with van der Waals surface area (Å²) >= 11 is 0. The third-order valence-corrected chi connectivity index (χ3v) is 6.56. The van der Waals surface area contributed by atoms with Crippen LogP contribution in [0.2, 0.25) is 0 Å². The van der Waals surface area contributed by atoms with Crippen molar-refractivity contribution in [3.8, 4) is 5.75 Å². The molecular formula is C25H27N3O2. The first-order valence-corrected chi connectivity index (χ1v) is 10.7. The Morgan fingerprint density at radius 3 is 2.80 bits per heavy atom. The van der Waals surface area contributed by atoms with Crippen LogP contribution in [-0.2, 0) is 13.0 Å². The fourth-order valence-corrected chi connectivity index (χ4v) is 5.29. The van der Waals surface area contributed by atoms with Crippen molar-refractivity contribution in [1.82, 2.24) is 14.5 Å². The predicted molar refractivity (Wildman–Crippen MR) is 117 cm³/mol. The number of ether oxygens (including phenoxy) is 1. The number of aromatic nitrogens is 2. The fraction of sp³-hybridized carbons (Fsp3) is 0.360. The molecule has 154 valence electrons. The van der Waals surface area contributed by atoms with Gasteiger partial charge in [0, 0.05) is 49.6 Å². The van der Waals surface area contributed by atoms with Crippen LogP contribution in [-0.4, -0.2) is 34.7 Å². The first-order valence-electron chi connectivity index (χ1n) is 10.7. The van der Waals surface area contributed by atoms with Crippen LogP contribution in [0.25, 0.3) is 0 Å². The SMILES string of the molecule is COc1cccc(C[C@H]2[C@H]3C[C@H](CN(Cc4ccccn4)C3)c3cccc(=O)n32)c1. The molecule has 0 unspecified atom stereocenters. The van der Waals surface area contributed by atoms with Gasteiger partial charge in [-0.2, -0.15) is 0 Å². The molecule has 2 aromatic heterocycles. The summed E-state index contributed by atoms with van der Waals surface area (Å²) in [6.45, 7) is 2.82. The number of pyridine rings is 2. The molecule has 1 fully saturated rings. The average Bonchev–Trinajstić information content (AvgIpc) is 2.77. The second-order valence-electron chi connectivity index (χ2n) is 8.49. The summed E-state index contributed by atoms with van der Waals surface area (Å²) in [4.78, 5) is 19.9. The summed E-state index contributed by atoms with van der Waals surface area (Å²) in [5.74, 6) is 1.69. The van der Waals surface area contributed by atoms with Gasteiger partial charge in [0.05, 0.1) is 12.8 Å². The van der Waals surface area contributed by atoms with E-state index in [1.54, 1.807) is 13.2 Å². The molecule has 2 aliphatic rings. The Balaban J connectivity index is 1.48. The van der Waals surface area contributed by atoms with Crippen LogP contribution < -0.4 is 10.3 Å². The molecule has 0 saturated carbocycles. The van der Waals surface area contributed by atoms with Gasteiger partial charge in [-0.15, -0.1) is 0 Å². The zero-order valence-electron chi connectivity index (χ0n) is 17.3. The smallest absolute Gasteiger partial charge is 0.251 e. The zero-order chi connectivity index (χ0) is 20.5. The minimum atomic E-state index is 0.119. The molecule has 3 aromatic rings. The van der Waals surface area contributed by atoms with Gasteiger partial charge in [0.25, 0.3) is 5.56 Å². The largest absolute Gasteiger partial charge is 0.497 e. The number of fused-ring (bicyclic) bond motifs is 4. The normalized spacial score (nSPS) is 23.0. The Morgan fingerprint density at radius 2 is 1.97 bits per heavy atom. The van der Waals surface area contributed by atoms with Gasteiger partial charge in [0.15, 0.2) is 0 Å². The lowest BCUT2D eigenvalue weighted by atomic mass is 9.76. The topological polar surface area (TPSA) is 47.4 Å². The highest BCUT2D eigenvalue weighted by atomic mass is 16.5. The Morgan fingerprint density at radius 1 is 1.07 bits per heavy atom. The lowest BCUT2D eigenvalue weighted by molar-refractivity contribution is 0.0844. The van der Waals surface area contributed by atoms with Gasteiger partial charge in [-0.3, -0.25) is 14.7 Å². The maximum Gasteiger partial charge on any atom is 0.251 e. The molecule has 5 nitrogen and oxygen atoms in total. The van der Waals surface area contributed by atoms with E-state index < -0.39 is 0 Å². The zero-order valence-corrected chi connectivity index (χ0v) is 17.3. The van der Waals surface area contributed by atoms with Crippen molar-refractivity contribution in [2.24, 2.45) is 5.92 Å². The van der Waals surface area contributed by atoms with Gasteiger partial charge in [0.1, 0.15) is 5.75 Å². The van der Waals surface area contributed by atoms with Crippen LogP contribution in [0.4, 0.5) is 0 Å². The van der Waals surface area contributed by atoms with E-state index in [1.165, 1.54) is 11.3 Å². The van der Waals surface area contributed by atoms with Crippen molar-refractivity contribution in [1.29, 1.82) is 0 Å². The van der Waals surface area contributed by atoms with E-state index in [0.29, 0.717) is 11.8 Å². The first-order chi connectivity index (χ1) is 14.7. The van der Waals surface area contributed by atoms with Gasteiger partial charge in [-0.25, -0.2) is 0 Å². The Bertz CT molecular complexity index is 1080. The summed E-state index contributed by atoms with van der Waals surface area (Å²) in [5, 5.41) is 0. The highest BCUT2D eigenvalue weighted by Gasteiger charge is 2.40. The maximum absolute atomic E-state index is 12.9. The number of benzene rings is 1. The number of hydrogen-bond donors (Lipinski definition) is 0. The summed E-state index contributed by atoms with van der Waals surface area (Å²) in [6, 6.07) is 20.2. The van der Waals surface area contributed by atoms with Crippen LogP contribution in [0.1, 0.15) is 35.3 Å². The van der Waals surface area contributed by atoms with E-state index >= 15 is 0 Å². The number of piperidine rings is 1. The molecule has 3 atom stereocenters. The van der Waals surface area contributed by atoms with E-state index in [1.807, 2.05) is 36.5 Å². The molecule has 0 amide bonds.